The van der Waals surface area contributed by atoms with Crippen LogP contribution in [0.25, 0.3) is 6.08 Å². The molecule has 41 heavy (non-hydrogen) atoms. The summed E-state index contributed by atoms with van der Waals surface area (Å²) in [6, 6.07) is 15.8. The number of nitrogens with two attached hydrogens (primary N) is 2. The fourth-order valence-electron chi connectivity index (χ4n) is 3.71. The van der Waals surface area contributed by atoms with Gasteiger partial charge in [0.25, 0.3) is 0 Å². The standard InChI is InChI=1S/C30H31F5N2O4/c31-29(32,33)17-2-1-3-18-39-25-13-8-23(9-14-25)30(34,35)41-26-11-4-21(5-12-26)6-15-28(38)40-19-16-22-7-10-24(36)20-27(22)37/h4-15,20H,1-3,16-19,36-37H2/b15-6+. The number of carbonyl (C=O) groups excluding carboxylic acids is 1. The number of alkyl halides is 5. The Hall–Kier alpha value is -4.28. The highest BCUT2D eigenvalue weighted by Crippen LogP contribution is 2.33. The molecule has 11 heteroatoms. The number of benzene rings is 3. The van der Waals surface area contributed by atoms with Crippen molar-refractivity contribution in [2.45, 2.75) is 44.4 Å². The Kier molecular flexibility index (Phi) is 11.0. The average molecular weight is 579 g/mol. The van der Waals surface area contributed by atoms with Crippen molar-refractivity contribution in [1.82, 2.24) is 0 Å². The van der Waals surface area contributed by atoms with E-state index < -0.39 is 30.2 Å². The maximum absolute atomic E-state index is 14.7. The number of halogens is 5. The van der Waals surface area contributed by atoms with Crippen molar-refractivity contribution >= 4 is 23.4 Å². The number of unbranched alkanes of at least 4 members (excludes halogenated alkanes) is 2. The summed E-state index contributed by atoms with van der Waals surface area (Å²) in [6.45, 7) is 0.305. The van der Waals surface area contributed by atoms with Gasteiger partial charge >= 0.3 is 18.3 Å². The van der Waals surface area contributed by atoms with E-state index in [0.29, 0.717) is 42.0 Å². The second-order valence-electron chi connectivity index (χ2n) is 9.20. The van der Waals surface area contributed by atoms with Crippen LogP contribution in [0, 0.1) is 0 Å². The zero-order valence-corrected chi connectivity index (χ0v) is 22.1. The molecule has 0 amide bonds. The second kappa shape index (κ2) is 14.4. The summed E-state index contributed by atoms with van der Waals surface area (Å²) in [7, 11) is 0. The molecule has 0 aromatic heterocycles. The molecular weight excluding hydrogens is 547 g/mol. The first kappa shape index (κ1) is 31.3. The van der Waals surface area contributed by atoms with E-state index in [-0.39, 0.29) is 25.4 Å². The summed E-state index contributed by atoms with van der Waals surface area (Å²) < 4.78 is 81.2. The molecule has 3 rings (SSSR count). The topological polar surface area (TPSA) is 96.8 Å². The molecule has 0 unspecified atom stereocenters. The molecule has 3 aromatic rings. The molecule has 0 radical (unpaired) electrons. The highest BCUT2D eigenvalue weighted by Gasteiger charge is 2.34. The van der Waals surface area contributed by atoms with Gasteiger partial charge in [-0.25, -0.2) is 4.79 Å². The summed E-state index contributed by atoms with van der Waals surface area (Å²) in [6.07, 6.45) is -4.72. The number of carbonyl (C=O) groups is 1. The highest BCUT2D eigenvalue weighted by molar-refractivity contribution is 5.87. The van der Waals surface area contributed by atoms with Crippen LogP contribution in [0.3, 0.4) is 0 Å². The van der Waals surface area contributed by atoms with E-state index in [4.69, 9.17) is 25.7 Å². The fourth-order valence-corrected chi connectivity index (χ4v) is 3.71. The van der Waals surface area contributed by atoms with Crippen molar-refractivity contribution in [3.05, 3.63) is 89.5 Å². The number of anilines is 2. The van der Waals surface area contributed by atoms with Gasteiger partial charge in [-0.2, -0.15) is 22.0 Å². The Morgan fingerprint density at radius 2 is 1.49 bits per heavy atom. The quantitative estimate of drug-likeness (QED) is 0.0686. The third kappa shape index (κ3) is 11.0. The molecule has 0 heterocycles. The first-order valence-corrected chi connectivity index (χ1v) is 12.9. The first-order chi connectivity index (χ1) is 19.4. The molecule has 0 bridgehead atoms. The van der Waals surface area contributed by atoms with Crippen LogP contribution in [-0.2, 0) is 22.1 Å². The third-order valence-electron chi connectivity index (χ3n) is 5.89. The van der Waals surface area contributed by atoms with Gasteiger partial charge in [0, 0.05) is 30.3 Å². The molecule has 0 atom stereocenters. The van der Waals surface area contributed by atoms with Gasteiger partial charge in [0.1, 0.15) is 11.5 Å². The number of esters is 1. The number of hydrogen-bond acceptors (Lipinski definition) is 6. The SMILES string of the molecule is Nc1ccc(CCOC(=O)/C=C/c2ccc(OC(F)(F)c3ccc(OCCCCCC(F)(F)F)cc3)cc2)c(N)c1. The lowest BCUT2D eigenvalue weighted by Gasteiger charge is -2.18. The van der Waals surface area contributed by atoms with E-state index in [9.17, 15) is 26.7 Å². The first-order valence-electron chi connectivity index (χ1n) is 12.9. The normalized spacial score (nSPS) is 11.9. The van der Waals surface area contributed by atoms with Crippen molar-refractivity contribution in [2.24, 2.45) is 0 Å². The summed E-state index contributed by atoms with van der Waals surface area (Å²) in [4.78, 5) is 12.0. The molecule has 6 nitrogen and oxygen atoms in total. The third-order valence-corrected chi connectivity index (χ3v) is 5.89. The van der Waals surface area contributed by atoms with Crippen LogP contribution in [0.4, 0.5) is 33.3 Å². The monoisotopic (exact) mass is 578 g/mol. The zero-order chi connectivity index (χ0) is 29.9. The van der Waals surface area contributed by atoms with Gasteiger partial charge in [0.15, 0.2) is 0 Å². The van der Waals surface area contributed by atoms with Gasteiger partial charge in [-0.1, -0.05) is 18.2 Å². The smallest absolute Gasteiger partial charge is 0.426 e. The Bertz CT molecular complexity index is 1290. The van der Waals surface area contributed by atoms with Crippen LogP contribution >= 0.6 is 0 Å². The lowest BCUT2D eigenvalue weighted by Crippen LogP contribution is -2.21. The molecule has 0 saturated carbocycles. The van der Waals surface area contributed by atoms with E-state index in [1.165, 1.54) is 48.6 Å². The Morgan fingerprint density at radius 1 is 0.805 bits per heavy atom. The number of ether oxygens (including phenoxy) is 3. The van der Waals surface area contributed by atoms with Crippen LogP contribution in [0.2, 0.25) is 0 Å². The van der Waals surface area contributed by atoms with Gasteiger partial charge in [-0.05, 0) is 85.0 Å². The number of nitrogen functional groups attached to an aromatic ring is 2. The molecular formula is C30H31F5N2O4. The largest absolute Gasteiger partial charge is 0.494 e. The van der Waals surface area contributed by atoms with Gasteiger partial charge in [0.05, 0.1) is 18.8 Å². The predicted molar refractivity (Wildman–Crippen MR) is 146 cm³/mol. The van der Waals surface area contributed by atoms with Crippen LogP contribution in [0.5, 0.6) is 11.5 Å². The highest BCUT2D eigenvalue weighted by atomic mass is 19.4. The van der Waals surface area contributed by atoms with Crippen LogP contribution in [0.1, 0.15) is 42.4 Å². The van der Waals surface area contributed by atoms with E-state index in [2.05, 4.69) is 0 Å². The maximum Gasteiger partial charge on any atom is 0.426 e. The van der Waals surface area contributed by atoms with E-state index in [1.807, 2.05) is 0 Å². The van der Waals surface area contributed by atoms with E-state index in [0.717, 1.165) is 17.7 Å². The van der Waals surface area contributed by atoms with Crippen molar-refractivity contribution < 1.29 is 41.0 Å². The van der Waals surface area contributed by atoms with E-state index >= 15 is 0 Å². The number of hydrogen-bond donors (Lipinski definition) is 2. The molecule has 0 aliphatic heterocycles. The molecule has 220 valence electrons. The zero-order valence-electron chi connectivity index (χ0n) is 22.1. The second-order valence-corrected chi connectivity index (χ2v) is 9.20. The lowest BCUT2D eigenvalue weighted by molar-refractivity contribution is -0.185. The van der Waals surface area contributed by atoms with Crippen molar-refractivity contribution in [3.8, 4) is 11.5 Å². The summed E-state index contributed by atoms with van der Waals surface area (Å²) in [5, 5.41) is 0. The summed E-state index contributed by atoms with van der Waals surface area (Å²) >= 11 is 0. The molecule has 4 N–H and O–H groups in total. The molecule has 3 aromatic carbocycles. The minimum atomic E-state index is -4.17. The van der Waals surface area contributed by atoms with Gasteiger partial charge in [-0.3, -0.25) is 0 Å². The molecule has 0 saturated heterocycles. The van der Waals surface area contributed by atoms with Crippen molar-refractivity contribution in [3.63, 3.8) is 0 Å². The van der Waals surface area contributed by atoms with Gasteiger partial charge in [-0.15, -0.1) is 0 Å². The van der Waals surface area contributed by atoms with E-state index in [1.54, 1.807) is 18.2 Å². The summed E-state index contributed by atoms with van der Waals surface area (Å²) in [5.74, 6) is -0.334. The Morgan fingerprint density at radius 3 is 2.15 bits per heavy atom. The van der Waals surface area contributed by atoms with Gasteiger partial charge < -0.3 is 25.7 Å². The minimum Gasteiger partial charge on any atom is -0.494 e. The number of rotatable bonds is 14. The average Bonchev–Trinajstić information content (AvgIpc) is 2.91. The molecule has 0 aliphatic carbocycles. The Balaban J connectivity index is 1.42. The molecule has 0 spiro atoms. The maximum atomic E-state index is 14.7. The molecule has 0 fully saturated rings. The summed E-state index contributed by atoms with van der Waals surface area (Å²) in [5.41, 5.74) is 13.6. The minimum absolute atomic E-state index is 0.0153. The Labute approximate surface area is 234 Å². The fraction of sp³-hybridized carbons (Fsp3) is 0.300. The van der Waals surface area contributed by atoms with Crippen molar-refractivity contribution in [1.29, 1.82) is 0 Å². The van der Waals surface area contributed by atoms with Gasteiger partial charge in [0.2, 0.25) is 0 Å². The lowest BCUT2D eigenvalue weighted by atomic mass is 10.1. The predicted octanol–water partition coefficient (Wildman–Crippen LogP) is 7.28. The van der Waals surface area contributed by atoms with Crippen molar-refractivity contribution in [2.75, 3.05) is 24.7 Å². The van der Waals surface area contributed by atoms with Crippen LogP contribution in [-0.4, -0.2) is 25.4 Å². The van der Waals surface area contributed by atoms with Crippen LogP contribution < -0.4 is 20.9 Å². The molecule has 0 aliphatic rings. The van der Waals surface area contributed by atoms with Crippen LogP contribution in [0.15, 0.2) is 72.8 Å².